The minimum atomic E-state index is -0.0376. The molecule has 1 aliphatic heterocycles. The van der Waals surface area contributed by atoms with E-state index in [0.29, 0.717) is 13.0 Å². The Balaban J connectivity index is 1.36. The molecule has 0 unspecified atom stereocenters. The third-order valence-electron chi connectivity index (χ3n) is 5.46. The Bertz CT molecular complexity index is 867. The summed E-state index contributed by atoms with van der Waals surface area (Å²) in [5.41, 5.74) is 3.17. The molecule has 1 atom stereocenters. The first-order chi connectivity index (χ1) is 13.7. The number of fused-ring (bicyclic) bond motifs is 2. The summed E-state index contributed by atoms with van der Waals surface area (Å²) in [5, 5.41) is 3.05. The van der Waals surface area contributed by atoms with Crippen molar-refractivity contribution in [1.29, 1.82) is 0 Å². The third-order valence-corrected chi connectivity index (χ3v) is 5.46. The van der Waals surface area contributed by atoms with Crippen molar-refractivity contribution in [3.05, 3.63) is 41.2 Å². The lowest BCUT2D eigenvalue weighted by Crippen LogP contribution is -2.34. The minimum absolute atomic E-state index is 0.0376. The number of aromatic nitrogens is 2. The molecule has 0 radical (unpaired) electrons. The van der Waals surface area contributed by atoms with Crippen LogP contribution in [0.5, 0.6) is 11.5 Å². The van der Waals surface area contributed by atoms with Crippen LogP contribution in [0.1, 0.15) is 37.1 Å². The number of nitrogens with one attached hydrogen (secondary N) is 1. The van der Waals surface area contributed by atoms with Gasteiger partial charge in [0.2, 0.25) is 18.6 Å². The van der Waals surface area contributed by atoms with Gasteiger partial charge in [0.25, 0.3) is 0 Å². The van der Waals surface area contributed by atoms with Gasteiger partial charge in [0.15, 0.2) is 11.5 Å². The number of anilines is 1. The smallest absolute Gasteiger partial charge is 0.231 e. The zero-order valence-electron chi connectivity index (χ0n) is 16.4. The van der Waals surface area contributed by atoms with Gasteiger partial charge in [-0.2, -0.15) is 0 Å². The molecule has 0 spiro atoms. The molecule has 2 aromatic rings. The second-order valence-electron chi connectivity index (χ2n) is 7.16. The number of carbonyl (C=O) groups excluding carboxylic acids is 1. The first-order valence-corrected chi connectivity index (χ1v) is 9.94. The van der Waals surface area contributed by atoms with Gasteiger partial charge in [-0.15, -0.1) is 0 Å². The maximum atomic E-state index is 12.7. The van der Waals surface area contributed by atoms with Crippen LogP contribution in [0, 0.1) is 5.92 Å². The molecule has 4 rings (SSSR count). The van der Waals surface area contributed by atoms with E-state index in [2.05, 4.69) is 29.0 Å². The molecule has 0 fully saturated rings. The van der Waals surface area contributed by atoms with Gasteiger partial charge >= 0.3 is 0 Å². The molecule has 0 saturated carbocycles. The second kappa shape index (κ2) is 8.04. The fourth-order valence-corrected chi connectivity index (χ4v) is 3.76. The fraction of sp³-hybridized carbons (Fsp3) is 0.476. The average molecular weight is 382 g/mol. The minimum Gasteiger partial charge on any atom is -0.454 e. The summed E-state index contributed by atoms with van der Waals surface area (Å²) in [7, 11) is 0. The number of benzene rings is 1. The number of hydrogen-bond acceptors (Lipinski definition) is 6. The molecule has 2 heterocycles. The van der Waals surface area contributed by atoms with Gasteiger partial charge in [-0.25, -0.2) is 9.97 Å². The Morgan fingerprint density at radius 3 is 2.89 bits per heavy atom. The number of rotatable bonds is 6. The highest BCUT2D eigenvalue weighted by molar-refractivity contribution is 5.79. The van der Waals surface area contributed by atoms with Crippen LogP contribution in [-0.2, 0) is 24.2 Å². The average Bonchev–Trinajstić information content (AvgIpc) is 3.20. The van der Waals surface area contributed by atoms with Crippen molar-refractivity contribution in [1.82, 2.24) is 15.3 Å². The van der Waals surface area contributed by atoms with Crippen molar-refractivity contribution >= 4 is 11.9 Å². The number of aryl methyl sites for hydroxylation is 1. The Morgan fingerprint density at radius 2 is 2.07 bits per heavy atom. The first-order valence-electron chi connectivity index (χ1n) is 9.94. The molecule has 7 nitrogen and oxygen atoms in total. The van der Waals surface area contributed by atoms with Crippen molar-refractivity contribution in [3.8, 4) is 11.5 Å². The number of amides is 1. The maximum Gasteiger partial charge on any atom is 0.231 e. The molecule has 148 valence electrons. The Morgan fingerprint density at radius 1 is 1.25 bits per heavy atom. The molecule has 1 N–H and O–H groups in total. The summed E-state index contributed by atoms with van der Waals surface area (Å²) >= 11 is 0. The molecule has 1 aromatic carbocycles. The van der Waals surface area contributed by atoms with Gasteiger partial charge in [0.05, 0.1) is 0 Å². The lowest BCUT2D eigenvalue weighted by atomic mass is 9.86. The first kappa shape index (κ1) is 18.5. The van der Waals surface area contributed by atoms with Gasteiger partial charge in [0, 0.05) is 37.4 Å². The predicted molar refractivity (Wildman–Crippen MR) is 106 cm³/mol. The van der Waals surface area contributed by atoms with Gasteiger partial charge in [-0.3, -0.25) is 4.79 Å². The molecule has 7 heteroatoms. The molecule has 2 aliphatic rings. The fourth-order valence-electron chi connectivity index (χ4n) is 3.76. The van der Waals surface area contributed by atoms with Crippen molar-refractivity contribution in [2.24, 2.45) is 5.92 Å². The number of hydrogen-bond donors (Lipinski definition) is 1. The van der Waals surface area contributed by atoms with Gasteiger partial charge in [-0.05, 0) is 56.4 Å². The van der Waals surface area contributed by atoms with Crippen LogP contribution in [0.15, 0.2) is 24.4 Å². The Labute approximate surface area is 165 Å². The summed E-state index contributed by atoms with van der Waals surface area (Å²) in [6.07, 6.45) is 4.22. The monoisotopic (exact) mass is 382 g/mol. The van der Waals surface area contributed by atoms with Crippen molar-refractivity contribution in [3.63, 3.8) is 0 Å². The second-order valence-corrected chi connectivity index (χ2v) is 7.16. The van der Waals surface area contributed by atoms with E-state index >= 15 is 0 Å². The van der Waals surface area contributed by atoms with Crippen LogP contribution in [0.3, 0.4) is 0 Å². The zero-order valence-corrected chi connectivity index (χ0v) is 16.4. The van der Waals surface area contributed by atoms with E-state index < -0.39 is 0 Å². The van der Waals surface area contributed by atoms with Crippen LogP contribution in [0.2, 0.25) is 0 Å². The van der Waals surface area contributed by atoms with E-state index in [9.17, 15) is 4.79 Å². The van der Waals surface area contributed by atoms with Crippen LogP contribution < -0.4 is 19.7 Å². The lowest BCUT2D eigenvalue weighted by Gasteiger charge is -2.25. The van der Waals surface area contributed by atoms with E-state index in [1.807, 2.05) is 24.4 Å². The van der Waals surface area contributed by atoms with Crippen LogP contribution in [-0.4, -0.2) is 35.8 Å². The quantitative estimate of drug-likeness (QED) is 0.827. The molecule has 0 bridgehead atoms. The van der Waals surface area contributed by atoms with Gasteiger partial charge < -0.3 is 19.7 Å². The standard InChI is InChI=1S/C21H26N4O3/c1-3-25(4-2)21-23-12-16-10-15(6-7-17(16)24-21)20(26)22-11-14-5-8-18-19(9-14)28-13-27-18/h5,8-9,12,15H,3-4,6-7,10-11,13H2,1-2H3,(H,22,26)/t15-/m0/s1. The highest BCUT2D eigenvalue weighted by atomic mass is 16.7. The van der Waals surface area contributed by atoms with Crippen molar-refractivity contribution < 1.29 is 14.3 Å². The highest BCUT2D eigenvalue weighted by Gasteiger charge is 2.26. The third kappa shape index (κ3) is 3.74. The molecule has 1 amide bonds. The number of carbonyl (C=O) groups is 1. The van der Waals surface area contributed by atoms with Crippen LogP contribution in [0.25, 0.3) is 0 Å². The topological polar surface area (TPSA) is 76.6 Å². The Hall–Kier alpha value is -2.83. The Kier molecular flexibility index (Phi) is 5.32. The summed E-state index contributed by atoms with van der Waals surface area (Å²) in [6, 6.07) is 5.75. The largest absolute Gasteiger partial charge is 0.454 e. The molecular weight excluding hydrogens is 356 g/mol. The van der Waals surface area contributed by atoms with Crippen LogP contribution >= 0.6 is 0 Å². The summed E-state index contributed by atoms with van der Waals surface area (Å²) in [5.74, 6) is 2.32. The van der Waals surface area contributed by atoms with E-state index in [4.69, 9.17) is 14.5 Å². The molecular formula is C21H26N4O3. The summed E-state index contributed by atoms with van der Waals surface area (Å²) in [6.45, 7) is 6.72. The lowest BCUT2D eigenvalue weighted by molar-refractivity contribution is -0.125. The van der Waals surface area contributed by atoms with E-state index in [-0.39, 0.29) is 18.6 Å². The van der Waals surface area contributed by atoms with Crippen LogP contribution in [0.4, 0.5) is 5.95 Å². The van der Waals surface area contributed by atoms with Gasteiger partial charge in [-0.1, -0.05) is 6.07 Å². The van der Waals surface area contributed by atoms with Gasteiger partial charge in [0.1, 0.15) is 0 Å². The van der Waals surface area contributed by atoms with Crippen molar-refractivity contribution in [2.75, 3.05) is 24.8 Å². The normalized spacial score (nSPS) is 17.1. The summed E-state index contributed by atoms with van der Waals surface area (Å²) < 4.78 is 10.7. The molecule has 0 saturated heterocycles. The molecule has 1 aliphatic carbocycles. The number of nitrogens with zero attached hydrogens (tertiary/aromatic N) is 3. The maximum absolute atomic E-state index is 12.7. The van der Waals surface area contributed by atoms with E-state index in [0.717, 1.165) is 60.2 Å². The SMILES string of the molecule is CCN(CC)c1ncc2c(n1)CC[C@H](C(=O)NCc1ccc3c(c1)OCO3)C2. The number of ether oxygens (including phenoxy) is 2. The molecule has 1 aromatic heterocycles. The summed E-state index contributed by atoms with van der Waals surface area (Å²) in [4.78, 5) is 24.1. The zero-order chi connectivity index (χ0) is 19.5. The highest BCUT2D eigenvalue weighted by Crippen LogP contribution is 2.32. The van der Waals surface area contributed by atoms with Crippen molar-refractivity contribution in [2.45, 2.75) is 39.7 Å². The predicted octanol–water partition coefficient (Wildman–Crippen LogP) is 2.47. The van der Waals surface area contributed by atoms with E-state index in [1.54, 1.807) is 0 Å². The molecule has 28 heavy (non-hydrogen) atoms. The van der Waals surface area contributed by atoms with E-state index in [1.165, 1.54) is 0 Å².